The van der Waals surface area contributed by atoms with Gasteiger partial charge in [0.1, 0.15) is 6.10 Å². The SMILES string of the molecule is CC(=O)C1=C(C)NC2=C(C(=O)OC(c3ccccc3)C2)C1c1ccccc1. The van der Waals surface area contributed by atoms with Gasteiger partial charge in [-0.25, -0.2) is 4.79 Å². The van der Waals surface area contributed by atoms with Crippen LogP contribution in [-0.2, 0) is 14.3 Å². The van der Waals surface area contributed by atoms with Gasteiger partial charge in [-0.3, -0.25) is 4.79 Å². The van der Waals surface area contributed by atoms with Crippen molar-refractivity contribution in [1.29, 1.82) is 0 Å². The zero-order valence-corrected chi connectivity index (χ0v) is 15.4. The molecule has 2 atom stereocenters. The van der Waals surface area contributed by atoms with Crippen LogP contribution in [-0.4, -0.2) is 11.8 Å². The Labute approximate surface area is 158 Å². The van der Waals surface area contributed by atoms with Gasteiger partial charge in [0.2, 0.25) is 0 Å². The minimum absolute atomic E-state index is 0.0432. The van der Waals surface area contributed by atoms with Crippen molar-refractivity contribution in [2.45, 2.75) is 32.3 Å². The smallest absolute Gasteiger partial charge is 0.337 e. The molecule has 136 valence electrons. The number of carbonyl (C=O) groups excluding carboxylic acids is 2. The number of carbonyl (C=O) groups is 2. The Kier molecular flexibility index (Phi) is 4.40. The number of benzene rings is 2. The molecular formula is C23H21NO3. The Morgan fingerprint density at radius 1 is 1.00 bits per heavy atom. The van der Waals surface area contributed by atoms with Gasteiger partial charge >= 0.3 is 5.97 Å². The summed E-state index contributed by atoms with van der Waals surface area (Å²) >= 11 is 0. The number of cyclic esters (lactones) is 1. The first-order chi connectivity index (χ1) is 13.1. The van der Waals surface area contributed by atoms with Crippen molar-refractivity contribution >= 4 is 11.8 Å². The molecule has 0 saturated heterocycles. The molecule has 0 aromatic heterocycles. The number of ether oxygens (including phenoxy) is 1. The van der Waals surface area contributed by atoms with Gasteiger partial charge in [-0.15, -0.1) is 0 Å². The molecule has 0 bridgehead atoms. The van der Waals surface area contributed by atoms with Crippen LogP contribution in [0, 0.1) is 0 Å². The van der Waals surface area contributed by atoms with Crippen molar-refractivity contribution in [1.82, 2.24) is 5.32 Å². The van der Waals surface area contributed by atoms with E-state index in [9.17, 15) is 9.59 Å². The van der Waals surface area contributed by atoms with Crippen molar-refractivity contribution in [3.63, 3.8) is 0 Å². The van der Waals surface area contributed by atoms with Crippen molar-refractivity contribution in [3.8, 4) is 0 Å². The minimum Gasteiger partial charge on any atom is -0.454 e. The van der Waals surface area contributed by atoms with E-state index in [2.05, 4.69) is 5.32 Å². The van der Waals surface area contributed by atoms with Crippen LogP contribution in [0.25, 0.3) is 0 Å². The van der Waals surface area contributed by atoms with E-state index in [1.165, 1.54) is 0 Å². The van der Waals surface area contributed by atoms with E-state index >= 15 is 0 Å². The molecule has 2 aromatic rings. The third-order valence-electron chi connectivity index (χ3n) is 5.19. The highest BCUT2D eigenvalue weighted by atomic mass is 16.5. The summed E-state index contributed by atoms with van der Waals surface area (Å²) in [5.41, 5.74) is 4.70. The van der Waals surface area contributed by atoms with Crippen LogP contribution in [0.2, 0.25) is 0 Å². The quantitative estimate of drug-likeness (QED) is 0.836. The third-order valence-corrected chi connectivity index (χ3v) is 5.19. The number of hydrogen-bond acceptors (Lipinski definition) is 4. The van der Waals surface area contributed by atoms with Crippen molar-refractivity contribution in [2.75, 3.05) is 0 Å². The minimum atomic E-state index is -0.399. The second-order valence-corrected chi connectivity index (χ2v) is 6.96. The molecule has 0 spiro atoms. The molecule has 0 saturated carbocycles. The predicted octanol–water partition coefficient (Wildman–Crippen LogP) is 4.18. The average molecular weight is 359 g/mol. The average Bonchev–Trinajstić information content (AvgIpc) is 2.67. The number of esters is 1. The lowest BCUT2D eigenvalue weighted by molar-refractivity contribution is -0.146. The van der Waals surface area contributed by atoms with E-state index in [1.807, 2.05) is 67.6 Å². The molecule has 0 aliphatic carbocycles. The molecular weight excluding hydrogens is 338 g/mol. The Bertz CT molecular complexity index is 958. The summed E-state index contributed by atoms with van der Waals surface area (Å²) in [4.78, 5) is 25.4. The maximum Gasteiger partial charge on any atom is 0.337 e. The highest BCUT2D eigenvalue weighted by molar-refractivity contribution is 6.02. The highest BCUT2D eigenvalue weighted by Crippen LogP contribution is 2.44. The van der Waals surface area contributed by atoms with Gasteiger partial charge in [-0.2, -0.15) is 0 Å². The van der Waals surface area contributed by atoms with E-state index in [-0.39, 0.29) is 17.9 Å². The lowest BCUT2D eigenvalue weighted by Crippen LogP contribution is -2.36. The fourth-order valence-corrected chi connectivity index (χ4v) is 4.02. The van der Waals surface area contributed by atoms with Gasteiger partial charge < -0.3 is 10.1 Å². The van der Waals surface area contributed by atoms with Gasteiger partial charge in [0, 0.05) is 29.3 Å². The maximum absolute atomic E-state index is 13.0. The number of rotatable bonds is 3. The van der Waals surface area contributed by atoms with Gasteiger partial charge in [-0.05, 0) is 25.0 Å². The lowest BCUT2D eigenvalue weighted by atomic mass is 9.77. The van der Waals surface area contributed by atoms with Crippen LogP contribution in [0.3, 0.4) is 0 Å². The molecule has 2 unspecified atom stereocenters. The van der Waals surface area contributed by atoms with Crippen molar-refractivity contribution < 1.29 is 14.3 Å². The number of Topliss-reactive ketones (excluding diaryl/α,β-unsaturated/α-hetero) is 1. The monoisotopic (exact) mass is 359 g/mol. The largest absolute Gasteiger partial charge is 0.454 e. The molecule has 2 aliphatic heterocycles. The molecule has 4 nitrogen and oxygen atoms in total. The number of hydrogen-bond donors (Lipinski definition) is 1. The topological polar surface area (TPSA) is 55.4 Å². The fourth-order valence-electron chi connectivity index (χ4n) is 4.02. The summed E-state index contributed by atoms with van der Waals surface area (Å²) in [5, 5.41) is 3.32. The van der Waals surface area contributed by atoms with Gasteiger partial charge in [0.05, 0.1) is 5.57 Å². The van der Waals surface area contributed by atoms with Gasteiger partial charge in [0.25, 0.3) is 0 Å². The second kappa shape index (κ2) is 6.88. The van der Waals surface area contributed by atoms with Crippen LogP contribution in [0.1, 0.15) is 43.4 Å². The molecule has 4 rings (SSSR count). The molecule has 27 heavy (non-hydrogen) atoms. The first-order valence-electron chi connectivity index (χ1n) is 9.09. The number of ketones is 1. The van der Waals surface area contributed by atoms with Crippen LogP contribution in [0.15, 0.2) is 83.2 Å². The van der Waals surface area contributed by atoms with E-state index in [0.29, 0.717) is 17.6 Å². The van der Waals surface area contributed by atoms with Crippen LogP contribution >= 0.6 is 0 Å². The summed E-state index contributed by atoms with van der Waals surface area (Å²) < 4.78 is 5.79. The molecule has 0 fully saturated rings. The van der Waals surface area contributed by atoms with Gasteiger partial charge in [-0.1, -0.05) is 60.7 Å². The standard InChI is InChI=1S/C23H21NO3/c1-14-20(15(2)25)21(17-11-7-4-8-12-17)22-18(24-14)13-19(27-23(22)26)16-9-5-3-6-10-16/h3-12,19,21,24H,13H2,1-2H3. The predicted molar refractivity (Wildman–Crippen MR) is 103 cm³/mol. The maximum atomic E-state index is 13.0. The summed E-state index contributed by atoms with van der Waals surface area (Å²) in [7, 11) is 0. The van der Waals surface area contributed by atoms with E-state index in [1.54, 1.807) is 6.92 Å². The van der Waals surface area contributed by atoms with Crippen molar-refractivity contribution in [3.05, 3.63) is 94.3 Å². The number of allylic oxidation sites excluding steroid dienone is 2. The molecule has 1 N–H and O–H groups in total. The molecule has 2 aliphatic rings. The van der Waals surface area contributed by atoms with Crippen LogP contribution < -0.4 is 5.32 Å². The van der Waals surface area contributed by atoms with E-state index in [0.717, 1.165) is 22.5 Å². The molecule has 2 heterocycles. The number of nitrogens with one attached hydrogen (secondary N) is 1. The highest BCUT2D eigenvalue weighted by Gasteiger charge is 2.41. The molecule has 4 heteroatoms. The van der Waals surface area contributed by atoms with Crippen LogP contribution in [0.4, 0.5) is 0 Å². The third kappa shape index (κ3) is 3.08. The van der Waals surface area contributed by atoms with E-state index < -0.39 is 5.92 Å². The van der Waals surface area contributed by atoms with Crippen molar-refractivity contribution in [2.24, 2.45) is 0 Å². The Hall–Kier alpha value is -3.14. The first kappa shape index (κ1) is 17.3. The summed E-state index contributed by atoms with van der Waals surface area (Å²) in [6.07, 6.45) is 0.241. The zero-order valence-electron chi connectivity index (χ0n) is 15.4. The second-order valence-electron chi connectivity index (χ2n) is 6.96. The normalized spacial score (nSPS) is 22.1. The van der Waals surface area contributed by atoms with E-state index in [4.69, 9.17) is 4.74 Å². The van der Waals surface area contributed by atoms with Crippen LogP contribution in [0.5, 0.6) is 0 Å². The number of dihydropyridines is 1. The first-order valence-corrected chi connectivity index (χ1v) is 9.09. The lowest BCUT2D eigenvalue weighted by Gasteiger charge is -2.36. The Balaban J connectivity index is 1.81. The zero-order chi connectivity index (χ0) is 19.0. The summed E-state index contributed by atoms with van der Waals surface area (Å²) in [6.45, 7) is 3.44. The summed E-state index contributed by atoms with van der Waals surface area (Å²) in [5.74, 6) is -0.805. The Morgan fingerprint density at radius 3 is 2.19 bits per heavy atom. The fraction of sp³-hybridized carbons (Fsp3) is 0.217. The summed E-state index contributed by atoms with van der Waals surface area (Å²) in [6, 6.07) is 19.4. The van der Waals surface area contributed by atoms with Gasteiger partial charge in [0.15, 0.2) is 5.78 Å². The molecule has 2 aromatic carbocycles. The molecule has 0 radical (unpaired) electrons. The molecule has 0 amide bonds. The Morgan fingerprint density at radius 2 is 1.59 bits per heavy atom.